The summed E-state index contributed by atoms with van der Waals surface area (Å²) in [5, 5.41) is 2.83. The van der Waals surface area contributed by atoms with Gasteiger partial charge in [-0.3, -0.25) is 18.7 Å². The largest absolute Gasteiger partial charge is 0.352 e. The smallest absolute Gasteiger partial charge is 0.332 e. The fraction of sp³-hybridized carbons (Fsp3) is 0.538. The van der Waals surface area contributed by atoms with Crippen LogP contribution in [0.1, 0.15) is 20.3 Å². The zero-order valence-corrected chi connectivity index (χ0v) is 12.6. The summed E-state index contributed by atoms with van der Waals surface area (Å²) in [6, 6.07) is 0.0690. The molecule has 0 fully saturated rings. The van der Waals surface area contributed by atoms with Gasteiger partial charge in [0.2, 0.25) is 5.91 Å². The number of nitrogens with zero attached hydrogens (tertiary/aromatic N) is 4. The molecule has 0 aliphatic rings. The summed E-state index contributed by atoms with van der Waals surface area (Å²) in [7, 11) is 2.95. The maximum Gasteiger partial charge on any atom is 0.332 e. The second-order valence-corrected chi connectivity index (χ2v) is 5.13. The van der Waals surface area contributed by atoms with Gasteiger partial charge in [-0.1, -0.05) is 6.92 Å². The second kappa shape index (κ2) is 5.55. The fourth-order valence-corrected chi connectivity index (χ4v) is 2.09. The highest BCUT2D eigenvalue weighted by atomic mass is 16.2. The Morgan fingerprint density at radius 2 is 2.00 bits per heavy atom. The molecule has 2 aromatic rings. The predicted molar refractivity (Wildman–Crippen MR) is 78.1 cm³/mol. The Labute approximate surface area is 121 Å². The van der Waals surface area contributed by atoms with E-state index in [9.17, 15) is 14.4 Å². The standard InChI is InChI=1S/C13H19N5O3/c1-5-8(2)15-9(19)6-18-7-14-11-10(18)12(20)17(4)13(21)16(11)3/h7-8H,5-6H2,1-4H3,(H,15,19)/t8-/m1/s1. The molecule has 0 unspecified atom stereocenters. The van der Waals surface area contributed by atoms with Gasteiger partial charge in [-0.05, 0) is 13.3 Å². The van der Waals surface area contributed by atoms with E-state index in [1.54, 1.807) is 7.05 Å². The van der Waals surface area contributed by atoms with Crippen LogP contribution in [0.3, 0.4) is 0 Å². The molecule has 2 rings (SSSR count). The molecule has 0 aliphatic heterocycles. The van der Waals surface area contributed by atoms with Gasteiger partial charge in [0.15, 0.2) is 11.2 Å². The van der Waals surface area contributed by atoms with E-state index in [0.717, 1.165) is 11.0 Å². The minimum absolute atomic E-state index is 0.00567. The van der Waals surface area contributed by atoms with Crippen molar-refractivity contribution in [2.45, 2.75) is 32.9 Å². The molecule has 1 atom stereocenters. The molecular formula is C13H19N5O3. The van der Waals surface area contributed by atoms with Crippen molar-refractivity contribution < 1.29 is 4.79 Å². The monoisotopic (exact) mass is 293 g/mol. The summed E-state index contributed by atoms with van der Waals surface area (Å²) >= 11 is 0. The van der Waals surface area contributed by atoms with Gasteiger partial charge in [-0.25, -0.2) is 9.78 Å². The molecular weight excluding hydrogens is 274 g/mol. The fourth-order valence-electron chi connectivity index (χ4n) is 2.09. The van der Waals surface area contributed by atoms with Gasteiger partial charge in [0.05, 0.1) is 6.33 Å². The lowest BCUT2D eigenvalue weighted by atomic mass is 10.2. The highest BCUT2D eigenvalue weighted by Crippen LogP contribution is 2.05. The van der Waals surface area contributed by atoms with E-state index in [0.29, 0.717) is 0 Å². The van der Waals surface area contributed by atoms with Crippen molar-refractivity contribution in [1.29, 1.82) is 0 Å². The maximum absolute atomic E-state index is 12.2. The van der Waals surface area contributed by atoms with Crippen molar-refractivity contribution in [3.8, 4) is 0 Å². The third kappa shape index (κ3) is 2.61. The maximum atomic E-state index is 12.2. The Morgan fingerprint density at radius 1 is 1.33 bits per heavy atom. The van der Waals surface area contributed by atoms with Crippen LogP contribution < -0.4 is 16.6 Å². The number of fused-ring (bicyclic) bond motifs is 1. The lowest BCUT2D eigenvalue weighted by Crippen LogP contribution is -2.38. The molecule has 8 nitrogen and oxygen atoms in total. The Balaban J connectivity index is 2.46. The molecule has 1 N–H and O–H groups in total. The van der Waals surface area contributed by atoms with Gasteiger partial charge in [-0.15, -0.1) is 0 Å². The number of imidazole rings is 1. The summed E-state index contributed by atoms with van der Waals surface area (Å²) < 4.78 is 3.77. The third-order valence-corrected chi connectivity index (χ3v) is 3.55. The number of carbonyl (C=O) groups excluding carboxylic acids is 1. The molecule has 0 spiro atoms. The number of rotatable bonds is 4. The van der Waals surface area contributed by atoms with Crippen LogP contribution >= 0.6 is 0 Å². The topological polar surface area (TPSA) is 90.9 Å². The molecule has 0 saturated carbocycles. The normalized spacial score (nSPS) is 12.6. The average molecular weight is 293 g/mol. The third-order valence-electron chi connectivity index (χ3n) is 3.55. The molecule has 2 heterocycles. The van der Waals surface area contributed by atoms with Crippen LogP contribution in [0, 0.1) is 0 Å². The van der Waals surface area contributed by atoms with E-state index in [2.05, 4.69) is 10.3 Å². The minimum atomic E-state index is -0.457. The zero-order chi connectivity index (χ0) is 15.7. The van der Waals surface area contributed by atoms with Crippen LogP contribution in [0.4, 0.5) is 0 Å². The van der Waals surface area contributed by atoms with Crippen LogP contribution in [0.2, 0.25) is 0 Å². The van der Waals surface area contributed by atoms with Crippen molar-refractivity contribution in [1.82, 2.24) is 24.0 Å². The zero-order valence-electron chi connectivity index (χ0n) is 12.6. The number of nitrogens with one attached hydrogen (secondary N) is 1. The number of carbonyl (C=O) groups is 1. The molecule has 8 heteroatoms. The van der Waals surface area contributed by atoms with Gasteiger partial charge in [0.25, 0.3) is 5.56 Å². The van der Waals surface area contributed by atoms with E-state index in [1.165, 1.54) is 22.5 Å². The van der Waals surface area contributed by atoms with Crippen molar-refractivity contribution >= 4 is 17.1 Å². The van der Waals surface area contributed by atoms with Gasteiger partial charge in [0.1, 0.15) is 6.54 Å². The molecule has 1 amide bonds. The Hall–Kier alpha value is -2.38. The van der Waals surface area contributed by atoms with Gasteiger partial charge in [-0.2, -0.15) is 0 Å². The first kappa shape index (κ1) is 15.0. The van der Waals surface area contributed by atoms with Crippen LogP contribution in [-0.4, -0.2) is 30.6 Å². The summed E-state index contributed by atoms with van der Waals surface area (Å²) in [6.07, 6.45) is 2.23. The van der Waals surface area contributed by atoms with Gasteiger partial charge in [0, 0.05) is 20.1 Å². The molecule has 114 valence electrons. The highest BCUT2D eigenvalue weighted by Gasteiger charge is 2.16. The van der Waals surface area contributed by atoms with E-state index in [-0.39, 0.29) is 29.7 Å². The van der Waals surface area contributed by atoms with Crippen molar-refractivity contribution in [2.75, 3.05) is 0 Å². The predicted octanol–water partition coefficient (Wildman–Crippen LogP) is -0.652. The Morgan fingerprint density at radius 3 is 2.62 bits per heavy atom. The van der Waals surface area contributed by atoms with Crippen LogP contribution in [0.5, 0.6) is 0 Å². The lowest BCUT2D eigenvalue weighted by Gasteiger charge is -2.12. The molecule has 0 aliphatic carbocycles. The number of aromatic nitrogens is 4. The molecule has 21 heavy (non-hydrogen) atoms. The second-order valence-electron chi connectivity index (χ2n) is 5.13. The van der Waals surface area contributed by atoms with Crippen LogP contribution in [0.25, 0.3) is 11.2 Å². The molecule has 0 saturated heterocycles. The highest BCUT2D eigenvalue weighted by molar-refractivity contribution is 5.79. The molecule has 2 aromatic heterocycles. The number of aryl methyl sites for hydroxylation is 1. The molecule has 0 bridgehead atoms. The van der Waals surface area contributed by atoms with Crippen molar-refractivity contribution in [3.63, 3.8) is 0 Å². The number of amides is 1. The lowest BCUT2D eigenvalue weighted by molar-refractivity contribution is -0.122. The molecule has 0 aromatic carbocycles. The van der Waals surface area contributed by atoms with Crippen LogP contribution in [0.15, 0.2) is 15.9 Å². The molecule has 0 radical (unpaired) electrons. The summed E-state index contributed by atoms with van der Waals surface area (Å²) in [5.41, 5.74) is -0.373. The van der Waals surface area contributed by atoms with E-state index in [4.69, 9.17) is 0 Å². The Bertz CT molecular complexity index is 798. The Kier molecular flexibility index (Phi) is 3.97. The SMILES string of the molecule is CC[C@@H](C)NC(=O)Cn1cnc2c1c(=O)n(C)c(=O)n2C. The van der Waals surface area contributed by atoms with E-state index < -0.39 is 11.2 Å². The van der Waals surface area contributed by atoms with Crippen molar-refractivity contribution in [3.05, 3.63) is 27.2 Å². The first-order valence-corrected chi connectivity index (χ1v) is 6.77. The summed E-state index contributed by atoms with van der Waals surface area (Å²) in [4.78, 5) is 40.0. The first-order valence-electron chi connectivity index (χ1n) is 6.77. The van der Waals surface area contributed by atoms with Gasteiger partial charge >= 0.3 is 5.69 Å². The van der Waals surface area contributed by atoms with E-state index in [1.807, 2.05) is 13.8 Å². The first-order chi connectivity index (χ1) is 9.86. The summed E-state index contributed by atoms with van der Waals surface area (Å²) in [5.74, 6) is -0.195. The number of hydrogen-bond acceptors (Lipinski definition) is 4. The quantitative estimate of drug-likeness (QED) is 0.811. The average Bonchev–Trinajstić information content (AvgIpc) is 2.86. The van der Waals surface area contributed by atoms with Gasteiger partial charge < -0.3 is 9.88 Å². The minimum Gasteiger partial charge on any atom is -0.352 e. The van der Waals surface area contributed by atoms with E-state index >= 15 is 0 Å². The van der Waals surface area contributed by atoms with Crippen LogP contribution in [-0.2, 0) is 25.4 Å². The van der Waals surface area contributed by atoms with Crippen molar-refractivity contribution in [2.24, 2.45) is 14.1 Å². The number of hydrogen-bond donors (Lipinski definition) is 1. The summed E-state index contributed by atoms with van der Waals surface area (Å²) in [6.45, 7) is 3.88.